The number of carbonyl (C=O) groups is 1. The van der Waals surface area contributed by atoms with Crippen molar-refractivity contribution in [2.75, 3.05) is 6.61 Å². The van der Waals surface area contributed by atoms with Gasteiger partial charge in [0.1, 0.15) is 12.4 Å². The normalized spacial score (nSPS) is 22.4. The van der Waals surface area contributed by atoms with Crippen LogP contribution in [0.1, 0.15) is 34.4 Å². The van der Waals surface area contributed by atoms with Gasteiger partial charge >= 0.3 is 5.97 Å². The van der Waals surface area contributed by atoms with E-state index in [4.69, 9.17) is 9.72 Å². The van der Waals surface area contributed by atoms with Crippen molar-refractivity contribution in [1.29, 1.82) is 0 Å². The Bertz CT molecular complexity index is 1240. The third kappa shape index (κ3) is 2.07. The molecule has 3 aliphatic heterocycles. The number of aliphatic hydroxyl groups is 1. The van der Waals surface area contributed by atoms with Crippen LogP contribution in [0.5, 0.6) is 0 Å². The molecular formula is C23H19FN2O3. The third-order valence-corrected chi connectivity index (χ3v) is 6.71. The number of aliphatic hydroxyl groups excluding tert-OH is 1. The summed E-state index contributed by atoms with van der Waals surface area (Å²) in [6.45, 7) is 6.79. The predicted octanol–water partition coefficient (Wildman–Crippen LogP) is 3.07. The molecule has 6 heteroatoms. The molecule has 1 atom stereocenters. The zero-order chi connectivity index (χ0) is 20.0. The molecular weight excluding hydrogens is 371 g/mol. The van der Waals surface area contributed by atoms with Crippen molar-refractivity contribution in [2.24, 2.45) is 0 Å². The number of halogens is 1. The quantitative estimate of drug-likeness (QED) is 0.701. The van der Waals surface area contributed by atoms with Crippen molar-refractivity contribution in [1.82, 2.24) is 9.88 Å². The summed E-state index contributed by atoms with van der Waals surface area (Å²) in [5.41, 5.74) is 8.43. The molecule has 0 bridgehead atoms. The second kappa shape index (κ2) is 5.54. The van der Waals surface area contributed by atoms with Crippen LogP contribution in [-0.4, -0.2) is 33.7 Å². The zero-order valence-corrected chi connectivity index (χ0v) is 16.0. The lowest BCUT2D eigenvalue weighted by molar-refractivity contribution is -0.151. The number of hydrogen-bond acceptors (Lipinski definition) is 5. The van der Waals surface area contributed by atoms with E-state index >= 15 is 0 Å². The second-order valence-electron chi connectivity index (χ2n) is 8.13. The zero-order valence-electron chi connectivity index (χ0n) is 16.0. The number of cyclic esters (lactones) is 1. The first-order valence-corrected chi connectivity index (χ1v) is 9.85. The SMILES string of the molecule is C=C1C2=C(C=C3c4nc5cc(F)c(C)c6c5c(c4CN13)CCC6)C(O)C(=O)OC2. The number of nitrogens with zero attached hydrogens (tertiary/aromatic N) is 2. The molecule has 146 valence electrons. The molecule has 1 aromatic heterocycles. The lowest BCUT2D eigenvalue weighted by atomic mass is 9.85. The van der Waals surface area contributed by atoms with E-state index in [0.29, 0.717) is 17.6 Å². The van der Waals surface area contributed by atoms with Gasteiger partial charge in [-0.2, -0.15) is 0 Å². The van der Waals surface area contributed by atoms with Gasteiger partial charge < -0.3 is 14.7 Å². The smallest absolute Gasteiger partial charge is 0.340 e. The fraction of sp³-hybridized carbons (Fsp3) is 0.304. The molecule has 0 saturated heterocycles. The summed E-state index contributed by atoms with van der Waals surface area (Å²) in [6.07, 6.45) is 3.29. The van der Waals surface area contributed by atoms with E-state index in [1.807, 2.05) is 13.0 Å². The second-order valence-corrected chi connectivity index (χ2v) is 8.13. The van der Waals surface area contributed by atoms with Crippen LogP contribution >= 0.6 is 0 Å². The first kappa shape index (κ1) is 16.9. The highest BCUT2D eigenvalue weighted by atomic mass is 19.1. The van der Waals surface area contributed by atoms with Crippen LogP contribution < -0.4 is 0 Å². The van der Waals surface area contributed by atoms with E-state index in [0.717, 1.165) is 64.0 Å². The van der Waals surface area contributed by atoms with Crippen molar-refractivity contribution < 1.29 is 19.0 Å². The number of fused-ring (bicyclic) bond motifs is 4. The number of aryl methyl sites for hydroxylation is 2. The molecule has 0 spiro atoms. The minimum atomic E-state index is -1.32. The molecule has 5 nitrogen and oxygen atoms in total. The molecule has 4 aliphatic rings. The van der Waals surface area contributed by atoms with E-state index < -0.39 is 12.1 Å². The summed E-state index contributed by atoms with van der Waals surface area (Å²) in [5, 5.41) is 11.4. The Hall–Kier alpha value is -2.99. The Kier molecular flexibility index (Phi) is 3.23. The number of hydrogen-bond donors (Lipinski definition) is 1. The van der Waals surface area contributed by atoms with Gasteiger partial charge in [0.25, 0.3) is 0 Å². The van der Waals surface area contributed by atoms with Crippen molar-refractivity contribution in [3.8, 4) is 0 Å². The number of ether oxygens (including phenoxy) is 1. The maximum Gasteiger partial charge on any atom is 0.340 e. The summed E-state index contributed by atoms with van der Waals surface area (Å²) in [6, 6.07) is 1.53. The van der Waals surface area contributed by atoms with Crippen LogP contribution in [0.3, 0.4) is 0 Å². The van der Waals surface area contributed by atoms with Gasteiger partial charge in [0, 0.05) is 33.9 Å². The molecule has 0 fully saturated rings. The minimum Gasteiger partial charge on any atom is -0.459 e. The van der Waals surface area contributed by atoms with Crippen LogP contribution in [0.25, 0.3) is 16.6 Å². The monoisotopic (exact) mass is 390 g/mol. The molecule has 1 unspecified atom stereocenters. The van der Waals surface area contributed by atoms with Gasteiger partial charge in [0.15, 0.2) is 6.10 Å². The Labute approximate surface area is 166 Å². The molecule has 2 aromatic rings. The van der Waals surface area contributed by atoms with Gasteiger partial charge in [0.2, 0.25) is 0 Å². The van der Waals surface area contributed by atoms with Crippen LogP contribution in [0.2, 0.25) is 0 Å². The summed E-state index contributed by atoms with van der Waals surface area (Å²) < 4.78 is 19.6. The first-order chi connectivity index (χ1) is 14.0. The first-order valence-electron chi connectivity index (χ1n) is 9.85. The van der Waals surface area contributed by atoms with Crippen molar-refractivity contribution in [2.45, 2.75) is 38.8 Å². The molecule has 1 aliphatic carbocycles. The van der Waals surface area contributed by atoms with Crippen molar-refractivity contribution in [3.63, 3.8) is 0 Å². The molecule has 4 heterocycles. The summed E-state index contributed by atoms with van der Waals surface area (Å²) >= 11 is 0. The van der Waals surface area contributed by atoms with Gasteiger partial charge in [-0.1, -0.05) is 6.58 Å². The molecule has 1 N–H and O–H groups in total. The van der Waals surface area contributed by atoms with Gasteiger partial charge in [-0.3, -0.25) is 0 Å². The molecule has 0 radical (unpaired) electrons. The number of aromatic nitrogens is 1. The Morgan fingerprint density at radius 3 is 2.93 bits per heavy atom. The van der Waals surface area contributed by atoms with Crippen LogP contribution in [0.4, 0.5) is 4.39 Å². The van der Waals surface area contributed by atoms with Crippen molar-refractivity contribution in [3.05, 3.63) is 69.3 Å². The topological polar surface area (TPSA) is 62.7 Å². The highest BCUT2D eigenvalue weighted by Gasteiger charge is 2.40. The highest BCUT2D eigenvalue weighted by Crippen LogP contribution is 2.46. The Morgan fingerprint density at radius 2 is 2.10 bits per heavy atom. The molecule has 29 heavy (non-hydrogen) atoms. The van der Waals surface area contributed by atoms with Crippen LogP contribution in [-0.2, 0) is 28.9 Å². The van der Waals surface area contributed by atoms with E-state index in [1.165, 1.54) is 11.6 Å². The molecule has 1 aromatic carbocycles. The predicted molar refractivity (Wildman–Crippen MR) is 105 cm³/mol. The Balaban J connectivity index is 1.62. The van der Waals surface area contributed by atoms with Crippen molar-refractivity contribution >= 4 is 22.6 Å². The number of benzene rings is 1. The summed E-state index contributed by atoms with van der Waals surface area (Å²) in [5.74, 6) is -0.871. The maximum absolute atomic E-state index is 14.5. The van der Waals surface area contributed by atoms with Gasteiger partial charge in [-0.25, -0.2) is 14.2 Å². The van der Waals surface area contributed by atoms with E-state index in [-0.39, 0.29) is 12.4 Å². The average molecular weight is 390 g/mol. The maximum atomic E-state index is 14.5. The minimum absolute atomic E-state index is 0.109. The van der Waals surface area contributed by atoms with Crippen LogP contribution in [0.15, 0.2) is 35.6 Å². The highest BCUT2D eigenvalue weighted by molar-refractivity contribution is 5.93. The van der Waals surface area contributed by atoms with E-state index in [2.05, 4.69) is 11.5 Å². The number of carbonyl (C=O) groups excluding carboxylic acids is 1. The molecule has 0 saturated carbocycles. The fourth-order valence-corrected chi connectivity index (χ4v) is 5.19. The Morgan fingerprint density at radius 1 is 1.31 bits per heavy atom. The van der Waals surface area contributed by atoms with E-state index in [1.54, 1.807) is 0 Å². The average Bonchev–Trinajstić information content (AvgIpc) is 3.08. The number of esters is 1. The van der Waals surface area contributed by atoms with Crippen LogP contribution in [0, 0.1) is 12.7 Å². The molecule has 0 amide bonds. The largest absolute Gasteiger partial charge is 0.459 e. The van der Waals surface area contributed by atoms with E-state index in [9.17, 15) is 14.3 Å². The summed E-state index contributed by atoms with van der Waals surface area (Å²) in [7, 11) is 0. The molecule has 6 rings (SSSR count). The van der Waals surface area contributed by atoms with Gasteiger partial charge in [-0.15, -0.1) is 0 Å². The fourth-order valence-electron chi connectivity index (χ4n) is 5.19. The lowest BCUT2D eigenvalue weighted by Gasteiger charge is -2.33. The number of rotatable bonds is 0. The van der Waals surface area contributed by atoms with Gasteiger partial charge in [0.05, 0.1) is 23.5 Å². The summed E-state index contributed by atoms with van der Waals surface area (Å²) in [4.78, 5) is 18.8. The number of pyridine rings is 1. The lowest BCUT2D eigenvalue weighted by Crippen LogP contribution is -2.36. The van der Waals surface area contributed by atoms with Gasteiger partial charge in [-0.05, 0) is 49.0 Å². The standard InChI is InChI=1S/C23H19FN2O3/c1-10-12-4-3-5-13-15-8-26-11(2)16-9-29-23(28)22(27)14(16)6-19(26)21(15)25-18(20(12)13)7-17(10)24/h6-7,22,27H,2-5,8-9H2,1H3. The third-order valence-electron chi connectivity index (χ3n) is 6.71.